The van der Waals surface area contributed by atoms with E-state index >= 15 is 0 Å². The highest BCUT2D eigenvalue weighted by atomic mass is 16.5. The van der Waals surface area contributed by atoms with Crippen molar-refractivity contribution >= 4 is 0 Å². The smallest absolute Gasteiger partial charge is 0.119 e. The van der Waals surface area contributed by atoms with Crippen molar-refractivity contribution in [1.29, 1.82) is 0 Å². The van der Waals surface area contributed by atoms with Crippen LogP contribution in [0.2, 0.25) is 0 Å². The van der Waals surface area contributed by atoms with Crippen LogP contribution in [0, 0.1) is 0 Å². The molecular weight excluding hydrogens is 248 g/mol. The van der Waals surface area contributed by atoms with E-state index in [1.807, 2.05) is 31.5 Å². The van der Waals surface area contributed by atoms with Crippen LogP contribution in [0.4, 0.5) is 0 Å². The zero-order valence-corrected chi connectivity index (χ0v) is 12.2. The molecule has 3 nitrogen and oxygen atoms in total. The third-order valence-corrected chi connectivity index (χ3v) is 3.05. The third kappa shape index (κ3) is 4.07. The SMILES string of the molecule is CCCNCc1cncc(-c2ccc(OCC)cc2)c1. The quantitative estimate of drug-likeness (QED) is 0.780. The van der Waals surface area contributed by atoms with Gasteiger partial charge in [-0.1, -0.05) is 19.1 Å². The van der Waals surface area contributed by atoms with Gasteiger partial charge in [0, 0.05) is 24.5 Å². The largest absolute Gasteiger partial charge is 0.494 e. The van der Waals surface area contributed by atoms with E-state index in [0.29, 0.717) is 6.61 Å². The Morgan fingerprint density at radius 2 is 1.85 bits per heavy atom. The van der Waals surface area contributed by atoms with Gasteiger partial charge in [-0.3, -0.25) is 4.98 Å². The molecule has 0 saturated heterocycles. The Morgan fingerprint density at radius 1 is 1.05 bits per heavy atom. The molecule has 1 heterocycles. The second kappa shape index (κ2) is 7.65. The number of pyridine rings is 1. The number of hydrogen-bond donors (Lipinski definition) is 1. The molecule has 1 aromatic heterocycles. The number of aromatic nitrogens is 1. The van der Waals surface area contributed by atoms with E-state index in [4.69, 9.17) is 4.74 Å². The molecule has 0 fully saturated rings. The van der Waals surface area contributed by atoms with Crippen LogP contribution >= 0.6 is 0 Å². The van der Waals surface area contributed by atoms with Crippen LogP contribution in [-0.2, 0) is 6.54 Å². The molecule has 2 rings (SSSR count). The number of nitrogens with one attached hydrogen (secondary N) is 1. The van der Waals surface area contributed by atoms with E-state index in [1.54, 1.807) is 0 Å². The van der Waals surface area contributed by atoms with E-state index in [-0.39, 0.29) is 0 Å². The number of nitrogens with zero attached hydrogens (tertiary/aromatic N) is 1. The highest BCUT2D eigenvalue weighted by Gasteiger charge is 2.01. The topological polar surface area (TPSA) is 34.2 Å². The first kappa shape index (κ1) is 14.5. The lowest BCUT2D eigenvalue weighted by Gasteiger charge is -2.07. The van der Waals surface area contributed by atoms with Crippen LogP contribution in [0.1, 0.15) is 25.8 Å². The molecule has 0 aliphatic rings. The average Bonchev–Trinajstić information content (AvgIpc) is 2.49. The summed E-state index contributed by atoms with van der Waals surface area (Å²) in [6, 6.07) is 10.3. The predicted molar refractivity (Wildman–Crippen MR) is 82.8 cm³/mol. The highest BCUT2D eigenvalue weighted by Crippen LogP contribution is 2.22. The zero-order valence-electron chi connectivity index (χ0n) is 12.2. The first-order valence-corrected chi connectivity index (χ1v) is 7.21. The van der Waals surface area contributed by atoms with E-state index < -0.39 is 0 Å². The average molecular weight is 270 g/mol. The van der Waals surface area contributed by atoms with Crippen LogP contribution in [0.25, 0.3) is 11.1 Å². The lowest BCUT2D eigenvalue weighted by Crippen LogP contribution is -2.13. The molecular formula is C17H22N2O. The molecule has 0 bridgehead atoms. The zero-order chi connectivity index (χ0) is 14.2. The van der Waals surface area contributed by atoms with Crippen molar-refractivity contribution in [3.8, 4) is 16.9 Å². The lowest BCUT2D eigenvalue weighted by molar-refractivity contribution is 0.340. The Kier molecular flexibility index (Phi) is 5.56. The molecule has 1 N–H and O–H groups in total. The van der Waals surface area contributed by atoms with Gasteiger partial charge >= 0.3 is 0 Å². The van der Waals surface area contributed by atoms with E-state index in [9.17, 15) is 0 Å². The van der Waals surface area contributed by atoms with Crippen molar-refractivity contribution in [2.75, 3.05) is 13.2 Å². The fraction of sp³-hybridized carbons (Fsp3) is 0.353. The first-order chi connectivity index (χ1) is 9.83. The predicted octanol–water partition coefficient (Wildman–Crippen LogP) is 3.65. The highest BCUT2D eigenvalue weighted by molar-refractivity contribution is 5.63. The number of benzene rings is 1. The summed E-state index contributed by atoms with van der Waals surface area (Å²) in [5.74, 6) is 0.907. The summed E-state index contributed by atoms with van der Waals surface area (Å²) < 4.78 is 5.46. The second-order valence-electron chi connectivity index (χ2n) is 4.72. The normalized spacial score (nSPS) is 10.5. The van der Waals surface area contributed by atoms with Crippen LogP contribution < -0.4 is 10.1 Å². The molecule has 20 heavy (non-hydrogen) atoms. The molecule has 0 spiro atoms. The van der Waals surface area contributed by atoms with Crippen LogP contribution in [0.3, 0.4) is 0 Å². The van der Waals surface area contributed by atoms with Gasteiger partial charge in [0.2, 0.25) is 0 Å². The Bertz CT molecular complexity index is 523. The van der Waals surface area contributed by atoms with Crippen LogP contribution in [0.15, 0.2) is 42.7 Å². The lowest BCUT2D eigenvalue weighted by atomic mass is 10.1. The minimum Gasteiger partial charge on any atom is -0.494 e. The minimum atomic E-state index is 0.694. The van der Waals surface area contributed by atoms with Gasteiger partial charge in [-0.25, -0.2) is 0 Å². The molecule has 0 saturated carbocycles. The van der Waals surface area contributed by atoms with E-state index in [2.05, 4.69) is 35.4 Å². The number of hydrogen-bond acceptors (Lipinski definition) is 3. The van der Waals surface area contributed by atoms with Crippen LogP contribution in [-0.4, -0.2) is 18.1 Å². The van der Waals surface area contributed by atoms with Gasteiger partial charge in [-0.2, -0.15) is 0 Å². The summed E-state index contributed by atoms with van der Waals surface area (Å²) in [6.45, 7) is 6.75. The summed E-state index contributed by atoms with van der Waals surface area (Å²) in [7, 11) is 0. The minimum absolute atomic E-state index is 0.694. The summed E-state index contributed by atoms with van der Waals surface area (Å²) >= 11 is 0. The Morgan fingerprint density at radius 3 is 2.55 bits per heavy atom. The van der Waals surface area contributed by atoms with E-state index in [1.165, 1.54) is 11.1 Å². The summed E-state index contributed by atoms with van der Waals surface area (Å²) in [6.07, 6.45) is 4.96. The van der Waals surface area contributed by atoms with Crippen molar-refractivity contribution in [2.24, 2.45) is 0 Å². The molecule has 0 atom stereocenters. The first-order valence-electron chi connectivity index (χ1n) is 7.21. The maximum atomic E-state index is 5.46. The Balaban J connectivity index is 2.09. The maximum absolute atomic E-state index is 5.46. The van der Waals surface area contributed by atoms with E-state index in [0.717, 1.165) is 30.8 Å². The van der Waals surface area contributed by atoms with Crippen molar-refractivity contribution in [1.82, 2.24) is 10.3 Å². The van der Waals surface area contributed by atoms with Gasteiger partial charge < -0.3 is 10.1 Å². The van der Waals surface area contributed by atoms with Crippen molar-refractivity contribution in [2.45, 2.75) is 26.8 Å². The van der Waals surface area contributed by atoms with Gasteiger partial charge in [0.05, 0.1) is 6.61 Å². The number of ether oxygens (including phenoxy) is 1. The van der Waals surface area contributed by atoms with Gasteiger partial charge in [-0.15, -0.1) is 0 Å². The van der Waals surface area contributed by atoms with Crippen molar-refractivity contribution in [3.05, 3.63) is 48.3 Å². The maximum Gasteiger partial charge on any atom is 0.119 e. The molecule has 106 valence electrons. The fourth-order valence-electron chi connectivity index (χ4n) is 2.06. The summed E-state index contributed by atoms with van der Waals surface area (Å²) in [4.78, 5) is 4.33. The Hall–Kier alpha value is -1.87. The van der Waals surface area contributed by atoms with Crippen molar-refractivity contribution < 1.29 is 4.74 Å². The standard InChI is InChI=1S/C17H22N2O/c1-3-9-18-11-14-10-16(13-19-12-14)15-5-7-17(8-6-15)20-4-2/h5-8,10,12-13,18H,3-4,9,11H2,1-2H3. The third-order valence-electron chi connectivity index (χ3n) is 3.05. The molecule has 0 unspecified atom stereocenters. The van der Waals surface area contributed by atoms with Crippen LogP contribution in [0.5, 0.6) is 5.75 Å². The molecule has 0 aliphatic carbocycles. The van der Waals surface area contributed by atoms with Gasteiger partial charge in [-0.05, 0) is 49.2 Å². The fourth-order valence-corrected chi connectivity index (χ4v) is 2.06. The number of rotatable bonds is 7. The molecule has 1 aromatic carbocycles. The second-order valence-corrected chi connectivity index (χ2v) is 4.72. The van der Waals surface area contributed by atoms with Gasteiger partial charge in [0.1, 0.15) is 5.75 Å². The van der Waals surface area contributed by atoms with Crippen molar-refractivity contribution in [3.63, 3.8) is 0 Å². The molecule has 3 heteroatoms. The summed E-state index contributed by atoms with van der Waals surface area (Å²) in [5.41, 5.74) is 3.52. The van der Waals surface area contributed by atoms with Gasteiger partial charge in [0.25, 0.3) is 0 Å². The molecule has 0 aliphatic heterocycles. The molecule has 2 aromatic rings. The monoisotopic (exact) mass is 270 g/mol. The Labute approximate surface area is 121 Å². The molecule has 0 amide bonds. The summed E-state index contributed by atoms with van der Waals surface area (Å²) in [5, 5.41) is 3.40. The van der Waals surface area contributed by atoms with Gasteiger partial charge in [0.15, 0.2) is 0 Å². The molecule has 0 radical (unpaired) electrons.